The molecule has 116 valence electrons. The van der Waals surface area contributed by atoms with Crippen LogP contribution in [-0.4, -0.2) is 26.1 Å². The van der Waals surface area contributed by atoms with E-state index in [1.165, 1.54) is 6.08 Å². The summed E-state index contributed by atoms with van der Waals surface area (Å²) in [6, 6.07) is 16.1. The third-order valence-electron chi connectivity index (χ3n) is 3.14. The third-order valence-corrected chi connectivity index (χ3v) is 3.14. The molecule has 0 amide bonds. The molecule has 0 heterocycles. The van der Waals surface area contributed by atoms with Crippen LogP contribution in [0.3, 0.4) is 0 Å². The molecule has 4 heteroatoms. The predicted molar refractivity (Wildman–Crippen MR) is 88.3 cm³/mol. The standard InChI is InChI=1S/C19H17NO3/c1-22-11-12-23-18-8-6-17(7-9-18)19(21)10-5-15-3-2-4-16(13-15)14-20/h2-10,13H,11-12H2,1H3/b10-5-. The first-order chi connectivity index (χ1) is 11.2. The highest BCUT2D eigenvalue weighted by atomic mass is 16.5. The molecule has 2 aromatic rings. The van der Waals surface area contributed by atoms with Gasteiger partial charge in [-0.05, 0) is 48.0 Å². The number of ether oxygens (including phenoxy) is 2. The normalized spacial score (nSPS) is 10.4. The van der Waals surface area contributed by atoms with Crippen LogP contribution in [0.1, 0.15) is 21.5 Å². The molecule has 0 aliphatic rings. The molecule has 0 fully saturated rings. The minimum atomic E-state index is -0.101. The van der Waals surface area contributed by atoms with Crippen molar-refractivity contribution in [3.05, 3.63) is 71.3 Å². The van der Waals surface area contributed by atoms with Gasteiger partial charge < -0.3 is 9.47 Å². The number of hydrogen-bond acceptors (Lipinski definition) is 4. The smallest absolute Gasteiger partial charge is 0.185 e. The number of nitriles is 1. The van der Waals surface area contributed by atoms with Gasteiger partial charge in [-0.25, -0.2) is 0 Å². The van der Waals surface area contributed by atoms with E-state index in [1.54, 1.807) is 55.7 Å². The Morgan fingerprint density at radius 1 is 1.17 bits per heavy atom. The molecule has 0 radical (unpaired) electrons. The molecule has 0 atom stereocenters. The van der Waals surface area contributed by atoms with Crippen LogP contribution in [-0.2, 0) is 4.74 Å². The van der Waals surface area contributed by atoms with E-state index in [2.05, 4.69) is 6.07 Å². The highest BCUT2D eigenvalue weighted by Gasteiger charge is 2.02. The number of hydrogen-bond donors (Lipinski definition) is 0. The molecule has 0 bridgehead atoms. The SMILES string of the molecule is COCCOc1ccc(C(=O)/C=C\c2cccc(C#N)c2)cc1. The first-order valence-electron chi connectivity index (χ1n) is 7.17. The molecule has 0 aromatic heterocycles. The second-order valence-electron chi connectivity index (χ2n) is 4.80. The molecule has 0 N–H and O–H groups in total. The van der Waals surface area contributed by atoms with Gasteiger partial charge in [0.05, 0.1) is 18.2 Å². The Hall–Kier alpha value is -2.90. The fourth-order valence-electron chi connectivity index (χ4n) is 1.94. The number of nitrogens with zero attached hydrogens (tertiary/aromatic N) is 1. The largest absolute Gasteiger partial charge is 0.491 e. The molecule has 0 saturated carbocycles. The van der Waals surface area contributed by atoms with Gasteiger partial charge in [0, 0.05) is 12.7 Å². The summed E-state index contributed by atoms with van der Waals surface area (Å²) in [5.41, 5.74) is 1.96. The fourth-order valence-corrected chi connectivity index (χ4v) is 1.94. The van der Waals surface area contributed by atoms with E-state index in [-0.39, 0.29) is 5.78 Å². The zero-order chi connectivity index (χ0) is 16.5. The Bertz CT molecular complexity index is 727. The van der Waals surface area contributed by atoms with E-state index < -0.39 is 0 Å². The first-order valence-corrected chi connectivity index (χ1v) is 7.17. The van der Waals surface area contributed by atoms with Crippen molar-refractivity contribution in [2.24, 2.45) is 0 Å². The van der Waals surface area contributed by atoms with E-state index in [4.69, 9.17) is 14.7 Å². The lowest BCUT2D eigenvalue weighted by Gasteiger charge is -2.05. The van der Waals surface area contributed by atoms with E-state index in [9.17, 15) is 4.79 Å². The summed E-state index contributed by atoms with van der Waals surface area (Å²) in [6.07, 6.45) is 3.20. The third kappa shape index (κ3) is 5.10. The van der Waals surface area contributed by atoms with Crippen molar-refractivity contribution >= 4 is 11.9 Å². The lowest BCUT2D eigenvalue weighted by molar-refractivity contribution is 0.104. The van der Waals surface area contributed by atoms with Crippen LogP contribution >= 0.6 is 0 Å². The monoisotopic (exact) mass is 307 g/mol. The molecule has 0 aliphatic heterocycles. The Morgan fingerprint density at radius 3 is 2.65 bits per heavy atom. The fraction of sp³-hybridized carbons (Fsp3) is 0.158. The van der Waals surface area contributed by atoms with Crippen molar-refractivity contribution in [3.63, 3.8) is 0 Å². The van der Waals surface area contributed by atoms with Crippen molar-refractivity contribution in [2.45, 2.75) is 0 Å². The molecule has 23 heavy (non-hydrogen) atoms. The highest BCUT2D eigenvalue weighted by Crippen LogP contribution is 2.14. The quantitative estimate of drug-likeness (QED) is 0.446. The minimum Gasteiger partial charge on any atom is -0.491 e. The lowest BCUT2D eigenvalue weighted by Crippen LogP contribution is -2.04. The second kappa shape index (κ2) is 8.52. The Kier molecular flexibility index (Phi) is 6.10. The maximum absolute atomic E-state index is 12.1. The maximum atomic E-state index is 12.1. The van der Waals surface area contributed by atoms with Crippen molar-refractivity contribution in [1.82, 2.24) is 0 Å². The Balaban J connectivity index is 2.00. The van der Waals surface area contributed by atoms with E-state index >= 15 is 0 Å². The summed E-state index contributed by atoms with van der Waals surface area (Å²) in [5, 5.41) is 8.86. The average Bonchev–Trinajstić information content (AvgIpc) is 2.60. The van der Waals surface area contributed by atoms with E-state index in [0.29, 0.717) is 30.1 Å². The molecule has 2 aromatic carbocycles. The zero-order valence-corrected chi connectivity index (χ0v) is 12.9. The van der Waals surface area contributed by atoms with Gasteiger partial charge in [-0.15, -0.1) is 0 Å². The van der Waals surface area contributed by atoms with Gasteiger partial charge in [0.25, 0.3) is 0 Å². The van der Waals surface area contributed by atoms with Gasteiger partial charge in [-0.2, -0.15) is 5.26 Å². The van der Waals surface area contributed by atoms with Gasteiger partial charge in [-0.3, -0.25) is 4.79 Å². The van der Waals surface area contributed by atoms with Crippen molar-refractivity contribution in [3.8, 4) is 11.8 Å². The van der Waals surface area contributed by atoms with Crippen molar-refractivity contribution < 1.29 is 14.3 Å². The first kappa shape index (κ1) is 16.5. The molecular formula is C19H17NO3. The van der Waals surface area contributed by atoms with Gasteiger partial charge in [0.2, 0.25) is 0 Å². The Morgan fingerprint density at radius 2 is 1.96 bits per heavy atom. The van der Waals surface area contributed by atoms with Crippen LogP contribution in [0.5, 0.6) is 5.75 Å². The van der Waals surface area contributed by atoms with Crippen LogP contribution < -0.4 is 4.74 Å². The van der Waals surface area contributed by atoms with Gasteiger partial charge in [0.1, 0.15) is 12.4 Å². The van der Waals surface area contributed by atoms with Gasteiger partial charge in [-0.1, -0.05) is 18.2 Å². The summed E-state index contributed by atoms with van der Waals surface area (Å²) in [5.74, 6) is 0.597. The van der Waals surface area contributed by atoms with Crippen LogP contribution in [0, 0.1) is 11.3 Å². The predicted octanol–water partition coefficient (Wildman–Crippen LogP) is 3.48. The van der Waals surface area contributed by atoms with Crippen LogP contribution in [0.4, 0.5) is 0 Å². The number of ketones is 1. The maximum Gasteiger partial charge on any atom is 0.185 e. The van der Waals surface area contributed by atoms with Gasteiger partial charge >= 0.3 is 0 Å². The summed E-state index contributed by atoms with van der Waals surface area (Å²) >= 11 is 0. The molecule has 0 unspecified atom stereocenters. The molecule has 2 rings (SSSR count). The molecule has 0 aliphatic carbocycles. The summed E-state index contributed by atoms with van der Waals surface area (Å²) in [4.78, 5) is 12.1. The van der Waals surface area contributed by atoms with E-state index in [1.807, 2.05) is 6.07 Å². The number of allylic oxidation sites excluding steroid dienone is 1. The number of benzene rings is 2. The molecular weight excluding hydrogens is 290 g/mol. The van der Waals surface area contributed by atoms with Crippen LogP contribution in [0.2, 0.25) is 0 Å². The molecule has 0 spiro atoms. The van der Waals surface area contributed by atoms with E-state index in [0.717, 1.165) is 5.56 Å². The van der Waals surface area contributed by atoms with Crippen molar-refractivity contribution in [2.75, 3.05) is 20.3 Å². The molecule has 4 nitrogen and oxygen atoms in total. The summed E-state index contributed by atoms with van der Waals surface area (Å²) < 4.78 is 10.4. The topological polar surface area (TPSA) is 59.3 Å². The Labute approximate surface area is 135 Å². The van der Waals surface area contributed by atoms with Crippen LogP contribution in [0.25, 0.3) is 6.08 Å². The van der Waals surface area contributed by atoms with Crippen LogP contribution in [0.15, 0.2) is 54.6 Å². The molecule has 0 saturated heterocycles. The summed E-state index contributed by atoms with van der Waals surface area (Å²) in [6.45, 7) is 0.990. The zero-order valence-electron chi connectivity index (χ0n) is 12.9. The number of carbonyl (C=O) groups is 1. The van der Waals surface area contributed by atoms with Crippen molar-refractivity contribution in [1.29, 1.82) is 5.26 Å². The summed E-state index contributed by atoms with van der Waals surface area (Å²) in [7, 11) is 1.61. The van der Waals surface area contributed by atoms with Gasteiger partial charge in [0.15, 0.2) is 5.78 Å². The average molecular weight is 307 g/mol. The second-order valence-corrected chi connectivity index (χ2v) is 4.80. The lowest BCUT2D eigenvalue weighted by atomic mass is 10.1. The minimum absolute atomic E-state index is 0.101. The number of rotatable bonds is 7. The number of methoxy groups -OCH3 is 1. The highest BCUT2D eigenvalue weighted by molar-refractivity contribution is 6.06. The number of carbonyl (C=O) groups excluding carboxylic acids is 1.